The molecule has 1 rings (SSSR count). The van der Waals surface area contributed by atoms with Gasteiger partial charge < -0.3 is 4.74 Å². The van der Waals surface area contributed by atoms with Gasteiger partial charge in [0.2, 0.25) is 5.28 Å². The third-order valence-electron chi connectivity index (χ3n) is 2.10. The van der Waals surface area contributed by atoms with E-state index in [1.165, 1.54) is 0 Å². The normalized spacial score (nSPS) is 12.8. The minimum atomic E-state index is 0.0286. The molecule has 1 aromatic rings. The van der Waals surface area contributed by atoms with E-state index in [0.29, 0.717) is 17.1 Å². The van der Waals surface area contributed by atoms with Gasteiger partial charge in [0.1, 0.15) is 0 Å². The molecule has 17 heavy (non-hydrogen) atoms. The van der Waals surface area contributed by atoms with Gasteiger partial charge in [-0.05, 0) is 31.4 Å². The summed E-state index contributed by atoms with van der Waals surface area (Å²) in [6.45, 7) is 8.20. The van der Waals surface area contributed by atoms with Crippen molar-refractivity contribution in [3.8, 4) is 6.01 Å². The first kappa shape index (κ1) is 14.5. The number of nitrogens with zero attached hydrogens (tertiary/aromatic N) is 3. The second kappa shape index (κ2) is 7.01. The molecule has 1 aromatic heterocycles. The van der Waals surface area contributed by atoms with Crippen LogP contribution < -0.4 is 4.74 Å². The lowest BCUT2D eigenvalue weighted by atomic mass is 10.2. The van der Waals surface area contributed by atoms with E-state index in [-0.39, 0.29) is 11.4 Å². The lowest BCUT2D eigenvalue weighted by Crippen LogP contribution is -2.09. The highest BCUT2D eigenvalue weighted by Crippen LogP contribution is 2.21. The lowest BCUT2D eigenvalue weighted by molar-refractivity contribution is 0.219. The highest BCUT2D eigenvalue weighted by atomic mass is 35.5. The molecule has 0 aliphatic rings. The summed E-state index contributed by atoms with van der Waals surface area (Å²) < 4.78 is 5.41. The SMILES string of the molecule is CCC(C)CSc1nc(Cl)nc(OC(C)C)n1. The fourth-order valence-electron chi connectivity index (χ4n) is 0.977. The van der Waals surface area contributed by atoms with Gasteiger partial charge in [-0.2, -0.15) is 15.0 Å². The molecular formula is C11H18ClN3OS. The topological polar surface area (TPSA) is 47.9 Å². The summed E-state index contributed by atoms with van der Waals surface area (Å²) in [6.07, 6.45) is 1.17. The molecular weight excluding hydrogens is 258 g/mol. The van der Waals surface area contributed by atoms with Gasteiger partial charge in [0.15, 0.2) is 5.16 Å². The molecule has 0 aliphatic heterocycles. The minimum absolute atomic E-state index is 0.0286. The second-order valence-corrected chi connectivity index (χ2v) is 5.49. The van der Waals surface area contributed by atoms with E-state index in [4.69, 9.17) is 16.3 Å². The van der Waals surface area contributed by atoms with Gasteiger partial charge in [-0.1, -0.05) is 32.0 Å². The van der Waals surface area contributed by atoms with Crippen LogP contribution in [0.5, 0.6) is 6.01 Å². The van der Waals surface area contributed by atoms with E-state index in [9.17, 15) is 0 Å². The Morgan fingerprint density at radius 2 is 1.94 bits per heavy atom. The van der Waals surface area contributed by atoms with Crippen LogP contribution >= 0.6 is 23.4 Å². The number of thioether (sulfide) groups is 1. The van der Waals surface area contributed by atoms with E-state index in [0.717, 1.165) is 12.2 Å². The van der Waals surface area contributed by atoms with Crippen LogP contribution in [0.3, 0.4) is 0 Å². The zero-order valence-corrected chi connectivity index (χ0v) is 12.2. The molecule has 0 saturated carbocycles. The van der Waals surface area contributed by atoms with Gasteiger partial charge in [-0.3, -0.25) is 0 Å². The molecule has 1 unspecified atom stereocenters. The third-order valence-corrected chi connectivity index (χ3v) is 3.45. The lowest BCUT2D eigenvalue weighted by Gasteiger charge is -2.09. The average molecular weight is 276 g/mol. The standard InChI is InChI=1S/C11H18ClN3OS/c1-5-8(4)6-17-11-14-9(12)13-10(15-11)16-7(2)3/h7-8H,5-6H2,1-4H3. The van der Waals surface area contributed by atoms with Crippen LogP contribution in [0.4, 0.5) is 0 Å². The van der Waals surface area contributed by atoms with E-state index in [2.05, 4.69) is 28.8 Å². The van der Waals surface area contributed by atoms with Gasteiger partial charge in [-0.25, -0.2) is 0 Å². The monoisotopic (exact) mass is 275 g/mol. The van der Waals surface area contributed by atoms with Gasteiger partial charge in [0.25, 0.3) is 0 Å². The summed E-state index contributed by atoms with van der Waals surface area (Å²) in [7, 11) is 0. The number of rotatable bonds is 6. The van der Waals surface area contributed by atoms with Crippen molar-refractivity contribution in [3.63, 3.8) is 0 Å². The first-order valence-electron chi connectivity index (χ1n) is 5.72. The molecule has 1 heterocycles. The van der Waals surface area contributed by atoms with E-state index < -0.39 is 0 Å². The Morgan fingerprint density at radius 3 is 2.53 bits per heavy atom. The Labute approximate surface area is 112 Å². The van der Waals surface area contributed by atoms with Crippen molar-refractivity contribution in [1.82, 2.24) is 15.0 Å². The molecule has 0 fully saturated rings. The smallest absolute Gasteiger partial charge is 0.321 e. The maximum atomic E-state index is 5.83. The number of aromatic nitrogens is 3. The number of hydrogen-bond donors (Lipinski definition) is 0. The Bertz CT molecular complexity index is 363. The van der Waals surface area contributed by atoms with Gasteiger partial charge in [0, 0.05) is 5.75 Å². The second-order valence-electron chi connectivity index (χ2n) is 4.16. The largest absolute Gasteiger partial charge is 0.461 e. The van der Waals surface area contributed by atoms with Crippen LogP contribution in [0.25, 0.3) is 0 Å². The van der Waals surface area contributed by atoms with Crippen molar-refractivity contribution in [2.24, 2.45) is 5.92 Å². The zero-order valence-electron chi connectivity index (χ0n) is 10.6. The molecule has 6 heteroatoms. The summed E-state index contributed by atoms with van der Waals surface area (Å²) in [5, 5.41) is 0.809. The van der Waals surface area contributed by atoms with Crippen molar-refractivity contribution in [3.05, 3.63) is 5.28 Å². The van der Waals surface area contributed by atoms with Crippen LogP contribution in [0, 0.1) is 5.92 Å². The molecule has 0 aromatic carbocycles. The quantitative estimate of drug-likeness (QED) is 0.744. The molecule has 0 aliphatic carbocycles. The number of halogens is 1. The van der Waals surface area contributed by atoms with Crippen LogP contribution in [-0.4, -0.2) is 26.8 Å². The van der Waals surface area contributed by atoms with E-state index in [1.807, 2.05) is 13.8 Å². The van der Waals surface area contributed by atoms with Crippen molar-refractivity contribution in [1.29, 1.82) is 0 Å². The Morgan fingerprint density at radius 1 is 1.24 bits per heavy atom. The fourth-order valence-corrected chi connectivity index (χ4v) is 2.14. The number of hydrogen-bond acceptors (Lipinski definition) is 5. The first-order valence-corrected chi connectivity index (χ1v) is 7.08. The van der Waals surface area contributed by atoms with Gasteiger partial charge in [0.05, 0.1) is 6.10 Å². The Balaban J connectivity index is 2.68. The van der Waals surface area contributed by atoms with Crippen LogP contribution in [0.2, 0.25) is 5.28 Å². The first-order chi connectivity index (χ1) is 8.01. The molecule has 0 radical (unpaired) electrons. The zero-order chi connectivity index (χ0) is 12.8. The summed E-state index contributed by atoms with van der Waals surface area (Å²) >= 11 is 7.41. The molecule has 0 bridgehead atoms. The highest BCUT2D eigenvalue weighted by molar-refractivity contribution is 7.99. The van der Waals surface area contributed by atoms with Crippen molar-refractivity contribution in [2.45, 2.75) is 45.4 Å². The molecule has 0 N–H and O–H groups in total. The van der Waals surface area contributed by atoms with Gasteiger partial charge >= 0.3 is 6.01 Å². The average Bonchev–Trinajstić information content (AvgIpc) is 2.24. The molecule has 0 spiro atoms. The molecule has 96 valence electrons. The number of ether oxygens (including phenoxy) is 1. The van der Waals surface area contributed by atoms with Crippen molar-refractivity contribution in [2.75, 3.05) is 5.75 Å². The van der Waals surface area contributed by atoms with Crippen LogP contribution in [0.15, 0.2) is 5.16 Å². The fraction of sp³-hybridized carbons (Fsp3) is 0.727. The summed E-state index contributed by atoms with van der Waals surface area (Å²) in [4.78, 5) is 12.2. The van der Waals surface area contributed by atoms with Gasteiger partial charge in [-0.15, -0.1) is 0 Å². The summed E-state index contributed by atoms with van der Waals surface area (Å²) in [5.74, 6) is 1.60. The van der Waals surface area contributed by atoms with Crippen LogP contribution in [0.1, 0.15) is 34.1 Å². The Hall–Kier alpha value is -0.550. The molecule has 4 nitrogen and oxygen atoms in total. The molecule has 0 saturated heterocycles. The molecule has 1 atom stereocenters. The maximum Gasteiger partial charge on any atom is 0.321 e. The molecule has 0 amide bonds. The van der Waals surface area contributed by atoms with Crippen molar-refractivity contribution < 1.29 is 4.74 Å². The van der Waals surface area contributed by atoms with Crippen molar-refractivity contribution >= 4 is 23.4 Å². The van der Waals surface area contributed by atoms with Crippen LogP contribution in [-0.2, 0) is 0 Å². The van der Waals surface area contributed by atoms with E-state index >= 15 is 0 Å². The van der Waals surface area contributed by atoms with E-state index in [1.54, 1.807) is 11.8 Å². The summed E-state index contributed by atoms with van der Waals surface area (Å²) in [5.41, 5.74) is 0. The maximum absolute atomic E-state index is 5.83. The predicted octanol–water partition coefficient (Wildman–Crippen LogP) is 3.45. The summed E-state index contributed by atoms with van der Waals surface area (Å²) in [6, 6.07) is 0.298. The predicted molar refractivity (Wildman–Crippen MR) is 70.8 cm³/mol. The Kier molecular flexibility index (Phi) is 5.98. The third kappa shape index (κ3) is 5.55. The minimum Gasteiger partial charge on any atom is -0.461 e. The highest BCUT2D eigenvalue weighted by Gasteiger charge is 2.09.